The van der Waals surface area contributed by atoms with Crippen LogP contribution in [0.1, 0.15) is 47.3 Å². The summed E-state index contributed by atoms with van der Waals surface area (Å²) in [7, 11) is 1.20. The number of hydrogen-bond acceptors (Lipinski definition) is 7. The lowest BCUT2D eigenvalue weighted by atomic mass is 9.98. The summed E-state index contributed by atoms with van der Waals surface area (Å²) in [6, 6.07) is 19.7. The highest BCUT2D eigenvalue weighted by atomic mass is 16.5. The van der Waals surface area contributed by atoms with Crippen molar-refractivity contribution in [1.29, 1.82) is 0 Å². The van der Waals surface area contributed by atoms with E-state index in [0.29, 0.717) is 5.56 Å². The third-order valence-electron chi connectivity index (χ3n) is 7.20. The minimum atomic E-state index is -0.683. The molecule has 1 heterocycles. The molecule has 0 unspecified atom stereocenters. The van der Waals surface area contributed by atoms with Crippen LogP contribution < -0.4 is 26.4 Å². The van der Waals surface area contributed by atoms with Crippen molar-refractivity contribution in [3.8, 4) is 0 Å². The molecule has 1 fully saturated rings. The summed E-state index contributed by atoms with van der Waals surface area (Å²) in [5.41, 5.74) is 7.77. The molecule has 3 aromatic rings. The van der Waals surface area contributed by atoms with Crippen LogP contribution in [0.3, 0.4) is 0 Å². The van der Waals surface area contributed by atoms with Crippen LogP contribution in [0.15, 0.2) is 72.8 Å². The van der Waals surface area contributed by atoms with Crippen molar-refractivity contribution in [2.45, 2.75) is 32.2 Å². The molecule has 10 heteroatoms. The van der Waals surface area contributed by atoms with Crippen LogP contribution >= 0.6 is 0 Å². The molecule has 1 atom stereocenters. The summed E-state index contributed by atoms with van der Waals surface area (Å²) >= 11 is 0. The van der Waals surface area contributed by atoms with Crippen molar-refractivity contribution in [2.75, 3.05) is 38.2 Å². The number of benzene rings is 3. The van der Waals surface area contributed by atoms with Gasteiger partial charge in [-0.05, 0) is 60.3 Å². The maximum absolute atomic E-state index is 13.8. The lowest BCUT2D eigenvalue weighted by Crippen LogP contribution is -2.41. The molecule has 1 aliphatic heterocycles. The zero-order valence-corrected chi connectivity index (χ0v) is 23.9. The summed E-state index contributed by atoms with van der Waals surface area (Å²) < 4.78 is 4.43. The van der Waals surface area contributed by atoms with Gasteiger partial charge in [0, 0.05) is 49.5 Å². The SMILES string of the molecule is COC(=O)/C=C/C(=O)NNC(=O)CCc1ccc(N2CCCNCC2)cc1C(=O)N[C@H](C)c1cccc2ccccc12. The molecular weight excluding hydrogens is 534 g/mol. The molecule has 0 aromatic heterocycles. The second kappa shape index (κ2) is 14.8. The molecule has 0 spiro atoms. The minimum Gasteiger partial charge on any atom is -0.466 e. The monoisotopic (exact) mass is 571 g/mol. The second-order valence-electron chi connectivity index (χ2n) is 10.1. The Hall–Kier alpha value is -4.70. The standard InChI is InChI=1S/C32H37N5O5/c1-22(26-10-5-8-23-7-3-4-9-27(23)26)34-32(41)28-21-25(37-19-6-17-33-18-20-37)13-11-24(28)12-14-29(38)35-36-30(39)15-16-31(40)42-2/h3-5,7-11,13,15-16,21-22,33H,6,12,14,17-20H2,1-2H3,(H,34,41)(H,35,38)(H,36,39)/b16-15+/t22-/m1/s1. The summed E-state index contributed by atoms with van der Waals surface area (Å²) in [6.45, 7) is 5.50. The van der Waals surface area contributed by atoms with Gasteiger partial charge < -0.3 is 20.3 Å². The molecule has 0 bridgehead atoms. The molecule has 4 rings (SSSR count). The average Bonchev–Trinajstić information content (AvgIpc) is 3.31. The highest BCUT2D eigenvalue weighted by molar-refractivity contribution is 5.98. The van der Waals surface area contributed by atoms with E-state index in [1.54, 1.807) is 0 Å². The minimum absolute atomic E-state index is 0.0349. The van der Waals surface area contributed by atoms with Crippen LogP contribution in [0.4, 0.5) is 5.69 Å². The quantitative estimate of drug-likeness (QED) is 0.177. The molecule has 42 heavy (non-hydrogen) atoms. The second-order valence-corrected chi connectivity index (χ2v) is 10.1. The fraction of sp³-hybridized carbons (Fsp3) is 0.312. The topological polar surface area (TPSA) is 129 Å². The number of fused-ring (bicyclic) bond motifs is 1. The predicted molar refractivity (Wildman–Crippen MR) is 162 cm³/mol. The first kappa shape index (κ1) is 30.3. The third kappa shape index (κ3) is 8.17. The van der Waals surface area contributed by atoms with Gasteiger partial charge >= 0.3 is 5.97 Å². The molecule has 3 amide bonds. The van der Waals surface area contributed by atoms with E-state index in [2.05, 4.69) is 37.2 Å². The Morgan fingerprint density at radius 1 is 0.976 bits per heavy atom. The fourth-order valence-corrected chi connectivity index (χ4v) is 4.97. The Morgan fingerprint density at radius 2 is 1.79 bits per heavy atom. The van der Waals surface area contributed by atoms with E-state index in [1.165, 1.54) is 7.11 Å². The zero-order chi connectivity index (χ0) is 29.9. The van der Waals surface area contributed by atoms with Gasteiger partial charge in [0.15, 0.2) is 0 Å². The van der Waals surface area contributed by atoms with Crippen molar-refractivity contribution >= 4 is 40.2 Å². The number of carbonyl (C=O) groups excluding carboxylic acids is 4. The van der Waals surface area contributed by atoms with E-state index in [-0.39, 0.29) is 24.8 Å². The Morgan fingerprint density at radius 3 is 2.62 bits per heavy atom. The summed E-state index contributed by atoms with van der Waals surface area (Å²) in [4.78, 5) is 51.4. The summed E-state index contributed by atoms with van der Waals surface area (Å²) in [5.74, 6) is -2.01. The van der Waals surface area contributed by atoms with Gasteiger partial charge in [-0.25, -0.2) is 4.79 Å². The summed E-state index contributed by atoms with van der Waals surface area (Å²) in [6.07, 6.45) is 3.23. The molecular formula is C32H37N5O5. The molecule has 0 radical (unpaired) electrons. The van der Waals surface area contributed by atoms with Crippen LogP contribution in [0.2, 0.25) is 0 Å². The Kier molecular flexibility index (Phi) is 10.7. The zero-order valence-electron chi connectivity index (χ0n) is 23.9. The molecule has 0 saturated carbocycles. The number of esters is 1. The smallest absolute Gasteiger partial charge is 0.330 e. The number of carbonyl (C=O) groups is 4. The average molecular weight is 572 g/mol. The van der Waals surface area contributed by atoms with E-state index in [9.17, 15) is 19.2 Å². The van der Waals surface area contributed by atoms with E-state index in [0.717, 1.165) is 72.3 Å². The van der Waals surface area contributed by atoms with Crippen LogP contribution in [-0.2, 0) is 25.5 Å². The first-order valence-electron chi connectivity index (χ1n) is 14.1. The Bertz CT molecular complexity index is 1460. The van der Waals surface area contributed by atoms with Crippen LogP contribution in [0.5, 0.6) is 0 Å². The molecule has 10 nitrogen and oxygen atoms in total. The lowest BCUT2D eigenvalue weighted by molar-refractivity contribution is -0.135. The first-order valence-corrected chi connectivity index (χ1v) is 14.1. The number of nitrogens with zero attached hydrogens (tertiary/aromatic N) is 1. The molecule has 3 aromatic carbocycles. The van der Waals surface area contributed by atoms with Gasteiger partial charge in [-0.3, -0.25) is 25.2 Å². The Balaban J connectivity index is 1.49. The maximum Gasteiger partial charge on any atom is 0.330 e. The molecule has 1 saturated heterocycles. The van der Waals surface area contributed by atoms with E-state index in [1.807, 2.05) is 61.5 Å². The van der Waals surface area contributed by atoms with Gasteiger partial charge in [0.05, 0.1) is 13.2 Å². The first-order chi connectivity index (χ1) is 20.4. The van der Waals surface area contributed by atoms with Gasteiger partial charge in [0.25, 0.3) is 11.8 Å². The number of amides is 3. The number of ether oxygens (including phenoxy) is 1. The van der Waals surface area contributed by atoms with Crippen molar-refractivity contribution in [2.24, 2.45) is 0 Å². The highest BCUT2D eigenvalue weighted by Gasteiger charge is 2.20. The highest BCUT2D eigenvalue weighted by Crippen LogP contribution is 2.26. The van der Waals surface area contributed by atoms with Gasteiger partial charge in [-0.1, -0.05) is 48.5 Å². The van der Waals surface area contributed by atoms with E-state index < -0.39 is 17.8 Å². The number of hydrazine groups is 1. The van der Waals surface area contributed by atoms with Gasteiger partial charge in [-0.15, -0.1) is 0 Å². The molecule has 4 N–H and O–H groups in total. The molecule has 220 valence electrons. The van der Waals surface area contributed by atoms with Gasteiger partial charge in [0.1, 0.15) is 0 Å². The van der Waals surface area contributed by atoms with Crippen molar-refractivity contribution in [3.63, 3.8) is 0 Å². The van der Waals surface area contributed by atoms with Crippen LogP contribution in [-0.4, -0.2) is 57.0 Å². The number of methoxy groups -OCH3 is 1. The molecule has 0 aliphatic carbocycles. The third-order valence-corrected chi connectivity index (χ3v) is 7.20. The normalized spacial score (nSPS) is 14.2. The van der Waals surface area contributed by atoms with Crippen LogP contribution in [0.25, 0.3) is 10.8 Å². The number of anilines is 1. The molecule has 1 aliphatic rings. The van der Waals surface area contributed by atoms with Gasteiger partial charge in [0.2, 0.25) is 5.91 Å². The number of rotatable bonds is 9. The van der Waals surface area contributed by atoms with Crippen molar-refractivity contribution in [1.82, 2.24) is 21.5 Å². The van der Waals surface area contributed by atoms with Crippen molar-refractivity contribution < 1.29 is 23.9 Å². The van der Waals surface area contributed by atoms with Crippen molar-refractivity contribution in [3.05, 3.63) is 89.5 Å². The largest absolute Gasteiger partial charge is 0.466 e. The summed E-state index contributed by atoms with van der Waals surface area (Å²) in [5, 5.41) is 8.76. The van der Waals surface area contributed by atoms with Gasteiger partial charge in [-0.2, -0.15) is 0 Å². The Labute approximate surface area is 245 Å². The lowest BCUT2D eigenvalue weighted by Gasteiger charge is -2.24. The predicted octanol–water partition coefficient (Wildman–Crippen LogP) is 2.94. The van der Waals surface area contributed by atoms with Crippen LogP contribution in [0, 0.1) is 0 Å². The fourth-order valence-electron chi connectivity index (χ4n) is 4.97. The number of aryl methyl sites for hydroxylation is 1. The number of nitrogens with one attached hydrogen (secondary N) is 4. The number of hydrogen-bond donors (Lipinski definition) is 4. The van der Waals surface area contributed by atoms with E-state index in [4.69, 9.17) is 0 Å². The van der Waals surface area contributed by atoms with E-state index >= 15 is 0 Å². The maximum atomic E-state index is 13.8.